The van der Waals surface area contributed by atoms with Crippen LogP contribution < -0.4 is 20.9 Å². The van der Waals surface area contributed by atoms with Crippen molar-refractivity contribution in [1.82, 2.24) is 0 Å². The largest absolute Gasteiger partial charge is 0.493 e. The van der Waals surface area contributed by atoms with Crippen LogP contribution in [0.15, 0.2) is 28.4 Å². The molecule has 0 radical (unpaired) electrons. The molecule has 0 aromatic heterocycles. The first kappa shape index (κ1) is 13.7. The van der Waals surface area contributed by atoms with Gasteiger partial charge in [-0.25, -0.2) is 0 Å². The van der Waals surface area contributed by atoms with E-state index in [0.717, 1.165) is 0 Å². The highest BCUT2D eigenvalue weighted by Gasteiger charge is 2.10. The third-order valence-electron chi connectivity index (χ3n) is 1.78. The predicted octanol–water partition coefficient (Wildman–Crippen LogP) is 0.904. The van der Waals surface area contributed by atoms with E-state index in [9.17, 15) is 8.78 Å². The van der Waals surface area contributed by atoms with Crippen LogP contribution in [0.4, 0.5) is 8.78 Å². The fourth-order valence-electron chi connectivity index (χ4n) is 1.12. The number of nitrogens with two attached hydrogens (primary N) is 2. The molecule has 0 amide bonds. The van der Waals surface area contributed by atoms with Gasteiger partial charge in [0.25, 0.3) is 0 Å². The van der Waals surface area contributed by atoms with Gasteiger partial charge in [0.05, 0.1) is 13.3 Å². The van der Waals surface area contributed by atoms with Crippen molar-refractivity contribution in [1.29, 1.82) is 0 Å². The number of hydrogen-bond acceptors (Lipinski definition) is 4. The number of hydrogen-bond donors (Lipinski definition) is 2. The first-order valence-electron chi connectivity index (χ1n) is 4.77. The molecule has 6 nitrogen and oxygen atoms in total. The van der Waals surface area contributed by atoms with Crippen LogP contribution in [0.25, 0.3) is 0 Å². The fraction of sp³-hybridized carbons (Fsp3) is 0.200. The normalized spacial score (nSPS) is 10.7. The van der Waals surface area contributed by atoms with E-state index in [2.05, 4.69) is 14.9 Å². The van der Waals surface area contributed by atoms with Crippen molar-refractivity contribution in [3.63, 3.8) is 0 Å². The molecule has 18 heavy (non-hydrogen) atoms. The predicted molar refractivity (Wildman–Crippen MR) is 63.0 cm³/mol. The van der Waals surface area contributed by atoms with E-state index < -0.39 is 6.61 Å². The third kappa shape index (κ3) is 4.24. The standard InChI is InChI=1S/C10H12F2N4O2/c1-17-8-4-6(5-15-16-10(13)14)2-3-7(8)18-9(11)12/h2-5,9H,1H3,(H4,13,14,16)/b15-5+. The number of methoxy groups -OCH3 is 1. The van der Waals surface area contributed by atoms with Gasteiger partial charge in [-0.05, 0) is 23.8 Å². The Bertz CT molecular complexity index is 459. The molecule has 0 fully saturated rings. The van der Waals surface area contributed by atoms with Gasteiger partial charge >= 0.3 is 6.61 Å². The summed E-state index contributed by atoms with van der Waals surface area (Å²) in [5, 5.41) is 6.97. The van der Waals surface area contributed by atoms with Crippen LogP contribution in [0.5, 0.6) is 11.5 Å². The molecule has 0 unspecified atom stereocenters. The number of guanidine groups is 1. The van der Waals surface area contributed by atoms with Crippen molar-refractivity contribution in [2.75, 3.05) is 7.11 Å². The summed E-state index contributed by atoms with van der Waals surface area (Å²) >= 11 is 0. The van der Waals surface area contributed by atoms with Crippen molar-refractivity contribution in [3.8, 4) is 11.5 Å². The van der Waals surface area contributed by atoms with E-state index in [1.165, 1.54) is 31.5 Å². The number of alkyl halides is 2. The van der Waals surface area contributed by atoms with Crippen molar-refractivity contribution in [2.24, 2.45) is 21.7 Å². The highest BCUT2D eigenvalue weighted by atomic mass is 19.3. The summed E-state index contributed by atoms with van der Waals surface area (Å²) in [6.45, 7) is -2.92. The second kappa shape index (κ2) is 6.38. The average molecular weight is 258 g/mol. The molecule has 1 rings (SSSR count). The Morgan fingerprint density at radius 2 is 2.06 bits per heavy atom. The van der Waals surface area contributed by atoms with Crippen molar-refractivity contribution in [3.05, 3.63) is 23.8 Å². The summed E-state index contributed by atoms with van der Waals surface area (Å²) in [7, 11) is 1.34. The fourth-order valence-corrected chi connectivity index (χ4v) is 1.12. The monoisotopic (exact) mass is 258 g/mol. The molecule has 4 N–H and O–H groups in total. The van der Waals surface area contributed by atoms with E-state index in [-0.39, 0.29) is 17.5 Å². The van der Waals surface area contributed by atoms with Crippen LogP contribution in [0.3, 0.4) is 0 Å². The summed E-state index contributed by atoms with van der Waals surface area (Å²) in [6.07, 6.45) is 1.34. The summed E-state index contributed by atoms with van der Waals surface area (Å²) in [5.41, 5.74) is 10.7. The molecule has 0 bridgehead atoms. The van der Waals surface area contributed by atoms with Crippen LogP contribution in [-0.2, 0) is 0 Å². The van der Waals surface area contributed by atoms with Crippen LogP contribution in [0.1, 0.15) is 5.56 Å². The lowest BCUT2D eigenvalue weighted by molar-refractivity contribution is -0.0512. The van der Waals surface area contributed by atoms with Gasteiger partial charge in [-0.1, -0.05) is 0 Å². The second-order valence-corrected chi connectivity index (χ2v) is 3.06. The number of ether oxygens (including phenoxy) is 2. The minimum Gasteiger partial charge on any atom is -0.493 e. The number of rotatable bonds is 5. The molecular weight excluding hydrogens is 246 g/mol. The van der Waals surface area contributed by atoms with Crippen molar-refractivity contribution < 1.29 is 18.3 Å². The topological polar surface area (TPSA) is 95.2 Å². The number of halogens is 2. The lowest BCUT2D eigenvalue weighted by Gasteiger charge is -2.09. The zero-order valence-electron chi connectivity index (χ0n) is 9.51. The highest BCUT2D eigenvalue weighted by molar-refractivity contribution is 5.82. The van der Waals surface area contributed by atoms with Gasteiger partial charge < -0.3 is 20.9 Å². The number of nitrogens with zero attached hydrogens (tertiary/aromatic N) is 2. The van der Waals surface area contributed by atoms with Gasteiger partial charge in [-0.15, -0.1) is 5.10 Å². The molecular formula is C10H12F2N4O2. The first-order chi connectivity index (χ1) is 8.52. The Morgan fingerprint density at radius 3 is 2.61 bits per heavy atom. The van der Waals surface area contributed by atoms with E-state index in [4.69, 9.17) is 16.2 Å². The average Bonchev–Trinajstić information content (AvgIpc) is 2.29. The van der Waals surface area contributed by atoms with Crippen molar-refractivity contribution in [2.45, 2.75) is 6.61 Å². The maximum Gasteiger partial charge on any atom is 0.387 e. The number of benzene rings is 1. The third-order valence-corrected chi connectivity index (χ3v) is 1.78. The molecule has 1 aromatic carbocycles. The molecule has 8 heteroatoms. The van der Waals surface area contributed by atoms with Gasteiger partial charge in [0.2, 0.25) is 5.96 Å². The lowest BCUT2D eigenvalue weighted by Crippen LogP contribution is -2.21. The van der Waals surface area contributed by atoms with Crippen LogP contribution >= 0.6 is 0 Å². The van der Waals surface area contributed by atoms with E-state index in [0.29, 0.717) is 5.56 Å². The van der Waals surface area contributed by atoms with Crippen LogP contribution in [0, 0.1) is 0 Å². The Morgan fingerprint density at radius 1 is 1.33 bits per heavy atom. The summed E-state index contributed by atoms with van der Waals surface area (Å²) in [6, 6.07) is 4.30. The van der Waals surface area contributed by atoms with Gasteiger partial charge in [0.1, 0.15) is 0 Å². The smallest absolute Gasteiger partial charge is 0.387 e. The highest BCUT2D eigenvalue weighted by Crippen LogP contribution is 2.28. The van der Waals surface area contributed by atoms with E-state index >= 15 is 0 Å². The zero-order chi connectivity index (χ0) is 13.5. The molecule has 1 aromatic rings. The molecule has 0 heterocycles. The summed E-state index contributed by atoms with van der Waals surface area (Å²) < 4.78 is 33.3. The molecule has 0 aliphatic rings. The van der Waals surface area contributed by atoms with Gasteiger partial charge in [-0.2, -0.15) is 13.9 Å². The summed E-state index contributed by atoms with van der Waals surface area (Å²) in [5.74, 6) is -0.0914. The Kier molecular flexibility index (Phi) is 4.85. The summed E-state index contributed by atoms with van der Waals surface area (Å²) in [4.78, 5) is 0. The minimum atomic E-state index is -2.92. The minimum absolute atomic E-state index is 0.0634. The van der Waals surface area contributed by atoms with Crippen molar-refractivity contribution >= 4 is 12.2 Å². The lowest BCUT2D eigenvalue weighted by atomic mass is 10.2. The molecule has 0 saturated heterocycles. The molecule has 98 valence electrons. The Balaban J connectivity index is 2.91. The van der Waals surface area contributed by atoms with E-state index in [1.807, 2.05) is 0 Å². The Labute approximate surface area is 102 Å². The molecule has 0 aliphatic carbocycles. The quantitative estimate of drug-likeness (QED) is 0.466. The molecule has 0 spiro atoms. The maximum absolute atomic E-state index is 12.1. The van der Waals surface area contributed by atoms with Gasteiger partial charge in [0, 0.05) is 0 Å². The van der Waals surface area contributed by atoms with Crippen LogP contribution in [-0.4, -0.2) is 25.9 Å². The van der Waals surface area contributed by atoms with Gasteiger partial charge in [-0.3, -0.25) is 0 Å². The molecule has 0 aliphatic heterocycles. The van der Waals surface area contributed by atoms with Crippen LogP contribution in [0.2, 0.25) is 0 Å². The van der Waals surface area contributed by atoms with E-state index in [1.54, 1.807) is 0 Å². The molecule has 0 saturated carbocycles. The van der Waals surface area contributed by atoms with Gasteiger partial charge in [0.15, 0.2) is 11.5 Å². The first-order valence-corrected chi connectivity index (χ1v) is 4.77. The maximum atomic E-state index is 12.1. The second-order valence-electron chi connectivity index (χ2n) is 3.06. The SMILES string of the molecule is COc1cc(/C=N/N=C(N)N)ccc1OC(F)F. The zero-order valence-corrected chi connectivity index (χ0v) is 9.51. The Hall–Kier alpha value is -2.38. The molecule has 0 atom stereocenters.